The molecule has 0 aliphatic heterocycles. The van der Waals surface area contributed by atoms with E-state index in [9.17, 15) is 9.59 Å². The predicted octanol–water partition coefficient (Wildman–Crippen LogP) is 2.78. The number of hydrogen-bond acceptors (Lipinski definition) is 3. The van der Waals surface area contributed by atoms with Gasteiger partial charge in [-0.1, -0.05) is 13.5 Å². The molecule has 0 heterocycles. The van der Waals surface area contributed by atoms with Gasteiger partial charge in [0.15, 0.2) is 0 Å². The lowest BCUT2D eigenvalue weighted by Crippen LogP contribution is -2.59. The van der Waals surface area contributed by atoms with Crippen LogP contribution in [0.3, 0.4) is 0 Å². The molecule has 4 aliphatic rings. The van der Waals surface area contributed by atoms with E-state index in [1.54, 1.807) is 7.05 Å². The van der Waals surface area contributed by atoms with E-state index in [4.69, 9.17) is 4.74 Å². The van der Waals surface area contributed by atoms with Gasteiger partial charge in [0, 0.05) is 7.05 Å². The Kier molecular flexibility index (Phi) is 4.04. The standard InChI is InChI=1S/C18H27NO3/c1-4-16(20)19(3)11-17(21)22-18(5-2)14-7-12-6-13(9-14)10-15(18)8-12/h4,12-15H,1,5-11H2,2-3H3. The zero-order chi connectivity index (χ0) is 15.9. The van der Waals surface area contributed by atoms with Gasteiger partial charge in [0.1, 0.15) is 12.1 Å². The van der Waals surface area contributed by atoms with E-state index in [1.807, 2.05) is 0 Å². The van der Waals surface area contributed by atoms with Crippen LogP contribution in [0.15, 0.2) is 12.7 Å². The molecular weight excluding hydrogens is 278 g/mol. The Morgan fingerprint density at radius 2 is 1.73 bits per heavy atom. The minimum atomic E-state index is -0.275. The Morgan fingerprint density at radius 1 is 1.18 bits per heavy atom. The zero-order valence-electron chi connectivity index (χ0n) is 13.7. The monoisotopic (exact) mass is 305 g/mol. The first-order valence-corrected chi connectivity index (χ1v) is 8.57. The third kappa shape index (κ3) is 2.46. The van der Waals surface area contributed by atoms with E-state index in [0.29, 0.717) is 11.8 Å². The van der Waals surface area contributed by atoms with Gasteiger partial charge in [-0.2, -0.15) is 0 Å². The van der Waals surface area contributed by atoms with Crippen LogP contribution < -0.4 is 0 Å². The summed E-state index contributed by atoms with van der Waals surface area (Å²) < 4.78 is 6.06. The van der Waals surface area contributed by atoms with Crippen molar-refractivity contribution < 1.29 is 14.3 Å². The highest BCUT2D eigenvalue weighted by Gasteiger charge is 2.58. The third-order valence-corrected chi connectivity index (χ3v) is 6.29. The maximum absolute atomic E-state index is 12.4. The largest absolute Gasteiger partial charge is 0.457 e. The van der Waals surface area contributed by atoms with Crippen molar-refractivity contribution in [2.75, 3.05) is 13.6 Å². The van der Waals surface area contributed by atoms with Crippen molar-refractivity contribution in [2.45, 2.75) is 51.0 Å². The molecule has 22 heavy (non-hydrogen) atoms. The van der Waals surface area contributed by atoms with Crippen LogP contribution in [-0.2, 0) is 14.3 Å². The molecule has 0 aromatic rings. The molecule has 122 valence electrons. The molecule has 0 spiro atoms. The number of amides is 1. The van der Waals surface area contributed by atoms with Gasteiger partial charge in [0.25, 0.3) is 0 Å². The second-order valence-corrected chi connectivity index (χ2v) is 7.49. The van der Waals surface area contributed by atoms with Gasteiger partial charge in [-0.05, 0) is 68.3 Å². The first kappa shape index (κ1) is 15.6. The lowest BCUT2D eigenvalue weighted by molar-refractivity contribution is -0.211. The average molecular weight is 305 g/mol. The Morgan fingerprint density at radius 3 is 2.18 bits per heavy atom. The summed E-state index contributed by atoms with van der Waals surface area (Å²) in [5.41, 5.74) is -0.275. The predicted molar refractivity (Wildman–Crippen MR) is 84.0 cm³/mol. The van der Waals surface area contributed by atoms with Gasteiger partial charge >= 0.3 is 5.97 Å². The maximum Gasteiger partial charge on any atom is 0.326 e. The van der Waals surface area contributed by atoms with E-state index in [1.165, 1.54) is 43.1 Å². The normalized spacial score (nSPS) is 38.6. The zero-order valence-corrected chi connectivity index (χ0v) is 13.7. The van der Waals surface area contributed by atoms with Gasteiger partial charge in [-0.25, -0.2) is 0 Å². The van der Waals surface area contributed by atoms with Crippen LogP contribution in [0.25, 0.3) is 0 Å². The van der Waals surface area contributed by atoms with Crippen LogP contribution in [0.2, 0.25) is 0 Å². The van der Waals surface area contributed by atoms with Crippen molar-refractivity contribution in [3.8, 4) is 0 Å². The summed E-state index contributed by atoms with van der Waals surface area (Å²) in [5.74, 6) is 2.24. The molecule has 0 saturated heterocycles. The average Bonchev–Trinajstić information content (AvgIpc) is 2.49. The molecular formula is C18H27NO3. The Balaban J connectivity index is 1.70. The van der Waals surface area contributed by atoms with Gasteiger partial charge in [-0.15, -0.1) is 0 Å². The number of hydrogen-bond donors (Lipinski definition) is 0. The van der Waals surface area contributed by atoms with Gasteiger partial charge < -0.3 is 9.64 Å². The number of ether oxygens (including phenoxy) is 1. The SMILES string of the molecule is C=CC(=O)N(C)CC(=O)OC1(CC)C2CC3CC(C2)CC1C3. The lowest BCUT2D eigenvalue weighted by atomic mass is 9.49. The van der Waals surface area contributed by atoms with E-state index >= 15 is 0 Å². The quantitative estimate of drug-likeness (QED) is 0.579. The highest BCUT2D eigenvalue weighted by molar-refractivity contribution is 5.89. The fourth-order valence-corrected chi connectivity index (χ4v) is 5.47. The van der Waals surface area contributed by atoms with Crippen LogP contribution in [0.4, 0.5) is 0 Å². The molecule has 0 atom stereocenters. The number of nitrogens with zero attached hydrogens (tertiary/aromatic N) is 1. The van der Waals surface area contributed by atoms with E-state index in [-0.39, 0.29) is 24.0 Å². The highest BCUT2D eigenvalue weighted by Crippen LogP contribution is 2.60. The van der Waals surface area contributed by atoms with Crippen LogP contribution in [0.5, 0.6) is 0 Å². The lowest BCUT2D eigenvalue weighted by Gasteiger charge is -2.60. The topological polar surface area (TPSA) is 46.6 Å². The summed E-state index contributed by atoms with van der Waals surface area (Å²) in [4.78, 5) is 25.3. The molecule has 4 heteroatoms. The molecule has 4 rings (SSSR count). The molecule has 0 aromatic carbocycles. The van der Waals surface area contributed by atoms with Gasteiger partial charge in [0.05, 0.1) is 0 Å². The fourth-order valence-electron chi connectivity index (χ4n) is 5.47. The van der Waals surface area contributed by atoms with Crippen LogP contribution >= 0.6 is 0 Å². The number of carbonyl (C=O) groups excluding carboxylic acids is 2. The Labute approximate surface area is 132 Å². The molecule has 4 aliphatic carbocycles. The molecule has 0 aromatic heterocycles. The van der Waals surface area contributed by atoms with Crippen LogP contribution in [-0.4, -0.2) is 36.0 Å². The van der Waals surface area contributed by atoms with E-state index in [2.05, 4.69) is 13.5 Å². The van der Waals surface area contributed by atoms with Crippen molar-refractivity contribution >= 4 is 11.9 Å². The minimum Gasteiger partial charge on any atom is -0.457 e. The molecule has 4 bridgehead atoms. The van der Waals surface area contributed by atoms with Crippen molar-refractivity contribution in [2.24, 2.45) is 23.7 Å². The summed E-state index contributed by atoms with van der Waals surface area (Å²) in [5, 5.41) is 0. The van der Waals surface area contributed by atoms with E-state index < -0.39 is 0 Å². The smallest absolute Gasteiger partial charge is 0.326 e. The number of carbonyl (C=O) groups is 2. The Bertz CT molecular complexity index is 457. The molecule has 4 saturated carbocycles. The van der Waals surface area contributed by atoms with Crippen molar-refractivity contribution in [1.82, 2.24) is 4.90 Å². The first-order chi connectivity index (χ1) is 10.5. The van der Waals surface area contributed by atoms with Crippen molar-refractivity contribution in [3.63, 3.8) is 0 Å². The number of esters is 1. The highest BCUT2D eigenvalue weighted by atomic mass is 16.6. The number of likely N-dealkylation sites (N-methyl/N-ethyl adjacent to an activating group) is 1. The summed E-state index contributed by atoms with van der Waals surface area (Å²) in [6.45, 7) is 5.61. The Hall–Kier alpha value is -1.32. The molecule has 0 unspecified atom stereocenters. The van der Waals surface area contributed by atoms with Crippen molar-refractivity contribution in [3.05, 3.63) is 12.7 Å². The summed E-state index contributed by atoms with van der Waals surface area (Å²) in [7, 11) is 1.61. The molecule has 0 radical (unpaired) electrons. The minimum absolute atomic E-state index is 0.0128. The second kappa shape index (κ2) is 5.71. The van der Waals surface area contributed by atoms with Crippen LogP contribution in [0, 0.1) is 23.7 Å². The van der Waals surface area contributed by atoms with Gasteiger partial charge in [-0.3, -0.25) is 9.59 Å². The van der Waals surface area contributed by atoms with Gasteiger partial charge in [0.2, 0.25) is 5.91 Å². The van der Waals surface area contributed by atoms with Crippen molar-refractivity contribution in [1.29, 1.82) is 0 Å². The molecule has 4 nitrogen and oxygen atoms in total. The third-order valence-electron chi connectivity index (χ3n) is 6.29. The first-order valence-electron chi connectivity index (χ1n) is 8.57. The number of rotatable bonds is 5. The van der Waals surface area contributed by atoms with E-state index in [0.717, 1.165) is 18.3 Å². The second-order valence-electron chi connectivity index (χ2n) is 7.49. The molecule has 0 N–H and O–H groups in total. The maximum atomic E-state index is 12.4. The molecule has 4 fully saturated rings. The van der Waals surface area contributed by atoms with Crippen LogP contribution in [0.1, 0.15) is 45.4 Å². The summed E-state index contributed by atoms with van der Waals surface area (Å²) in [6, 6.07) is 0. The summed E-state index contributed by atoms with van der Waals surface area (Å²) in [6.07, 6.45) is 8.38. The summed E-state index contributed by atoms with van der Waals surface area (Å²) >= 11 is 0. The molecule has 1 amide bonds. The fraction of sp³-hybridized carbons (Fsp3) is 0.778.